The van der Waals surface area contributed by atoms with Crippen LogP contribution in [0.5, 0.6) is 5.75 Å². The zero-order valence-electron chi connectivity index (χ0n) is 13.7. The van der Waals surface area contributed by atoms with E-state index in [2.05, 4.69) is 17.6 Å². The largest absolute Gasteiger partial charge is 0.494 e. The maximum atomic E-state index is 13.6. The molecule has 130 valence electrons. The van der Waals surface area contributed by atoms with Gasteiger partial charge in [-0.25, -0.2) is 4.39 Å². The van der Waals surface area contributed by atoms with Crippen LogP contribution in [0.15, 0.2) is 18.2 Å². The van der Waals surface area contributed by atoms with Crippen LogP contribution in [0.25, 0.3) is 0 Å². The number of piperidine rings is 1. The van der Waals surface area contributed by atoms with Crippen molar-refractivity contribution in [2.45, 2.75) is 32.7 Å². The van der Waals surface area contributed by atoms with Crippen molar-refractivity contribution in [3.05, 3.63) is 29.6 Å². The van der Waals surface area contributed by atoms with Gasteiger partial charge in [0.15, 0.2) is 11.6 Å². The number of hydrogen-bond acceptors (Lipinski definition) is 3. The summed E-state index contributed by atoms with van der Waals surface area (Å²) in [6, 6.07) is 4.73. The number of nitrogens with one attached hydrogen (secondary N) is 2. The van der Waals surface area contributed by atoms with Crippen LogP contribution in [-0.2, 0) is 11.3 Å². The first-order valence-corrected chi connectivity index (χ1v) is 7.90. The van der Waals surface area contributed by atoms with Gasteiger partial charge in [-0.15, -0.1) is 12.4 Å². The van der Waals surface area contributed by atoms with Crippen LogP contribution in [0, 0.1) is 17.7 Å². The second kappa shape index (κ2) is 9.73. The average Bonchev–Trinajstić information content (AvgIpc) is 2.54. The molecule has 2 unspecified atom stereocenters. The fraction of sp³-hybridized carbons (Fsp3) is 0.588. The molecule has 0 radical (unpaired) electrons. The van der Waals surface area contributed by atoms with E-state index in [9.17, 15) is 9.18 Å². The number of carbonyl (C=O) groups excluding carboxylic acids is 1. The minimum atomic E-state index is -0.407. The Balaban J connectivity index is 0.00000264. The quantitative estimate of drug-likeness (QED) is 0.834. The Hall–Kier alpha value is -1.33. The number of hydrogen-bond donors (Lipinski definition) is 2. The lowest BCUT2D eigenvalue weighted by atomic mass is 9.85. The lowest BCUT2D eigenvalue weighted by Gasteiger charge is -2.28. The molecule has 6 heteroatoms. The number of ether oxygens (including phenoxy) is 1. The molecule has 0 aromatic heterocycles. The van der Waals surface area contributed by atoms with Crippen LogP contribution < -0.4 is 15.4 Å². The Morgan fingerprint density at radius 2 is 2.30 bits per heavy atom. The molecule has 1 aromatic rings. The monoisotopic (exact) mass is 344 g/mol. The lowest BCUT2D eigenvalue weighted by Crippen LogP contribution is -2.35. The summed E-state index contributed by atoms with van der Waals surface area (Å²) in [5.74, 6) is 0.761. The van der Waals surface area contributed by atoms with E-state index in [1.54, 1.807) is 12.1 Å². The third-order valence-corrected chi connectivity index (χ3v) is 4.35. The highest BCUT2D eigenvalue weighted by Gasteiger charge is 2.21. The number of methoxy groups -OCH3 is 1. The normalized spacial score (nSPS) is 18.7. The third-order valence-electron chi connectivity index (χ3n) is 4.35. The highest BCUT2D eigenvalue weighted by Crippen LogP contribution is 2.22. The average molecular weight is 345 g/mol. The van der Waals surface area contributed by atoms with Gasteiger partial charge in [-0.2, -0.15) is 0 Å². The van der Waals surface area contributed by atoms with Crippen molar-refractivity contribution in [1.29, 1.82) is 0 Å². The molecule has 1 aliphatic heterocycles. The number of amides is 1. The zero-order chi connectivity index (χ0) is 15.9. The second-order valence-electron chi connectivity index (χ2n) is 6.03. The summed E-state index contributed by atoms with van der Waals surface area (Å²) in [6.45, 7) is 4.55. The fourth-order valence-electron chi connectivity index (χ4n) is 2.92. The van der Waals surface area contributed by atoms with Gasteiger partial charge >= 0.3 is 0 Å². The molecule has 2 rings (SSSR count). The summed E-state index contributed by atoms with van der Waals surface area (Å²) >= 11 is 0. The van der Waals surface area contributed by atoms with Crippen LogP contribution in [-0.4, -0.2) is 26.1 Å². The number of halogens is 2. The van der Waals surface area contributed by atoms with Crippen LogP contribution in [0.3, 0.4) is 0 Å². The number of rotatable bonds is 6. The van der Waals surface area contributed by atoms with Gasteiger partial charge < -0.3 is 15.4 Å². The van der Waals surface area contributed by atoms with Crippen LogP contribution in [0.2, 0.25) is 0 Å². The zero-order valence-corrected chi connectivity index (χ0v) is 14.5. The molecule has 0 spiro atoms. The van der Waals surface area contributed by atoms with Crippen molar-refractivity contribution in [3.8, 4) is 5.75 Å². The molecule has 4 nitrogen and oxygen atoms in total. The Bertz CT molecular complexity index is 507. The van der Waals surface area contributed by atoms with Crippen LogP contribution in [0.1, 0.15) is 31.7 Å². The molecule has 1 heterocycles. The molecule has 0 bridgehead atoms. The fourth-order valence-corrected chi connectivity index (χ4v) is 2.92. The van der Waals surface area contributed by atoms with Gasteiger partial charge in [0, 0.05) is 13.0 Å². The summed E-state index contributed by atoms with van der Waals surface area (Å²) in [6.07, 6.45) is 2.89. The minimum Gasteiger partial charge on any atom is -0.494 e. The van der Waals surface area contributed by atoms with Crippen molar-refractivity contribution in [2.24, 2.45) is 11.8 Å². The highest BCUT2D eigenvalue weighted by atomic mass is 35.5. The van der Waals surface area contributed by atoms with Crippen molar-refractivity contribution in [1.82, 2.24) is 10.6 Å². The molecular formula is C17H26ClFN2O2. The highest BCUT2D eigenvalue weighted by molar-refractivity contribution is 5.85. The molecule has 1 aromatic carbocycles. The maximum absolute atomic E-state index is 13.6. The van der Waals surface area contributed by atoms with Crippen LogP contribution >= 0.6 is 12.4 Å². The smallest absolute Gasteiger partial charge is 0.220 e. The van der Waals surface area contributed by atoms with Crippen molar-refractivity contribution >= 4 is 18.3 Å². The Labute approximate surface area is 143 Å². The van der Waals surface area contributed by atoms with E-state index in [0.717, 1.165) is 18.7 Å². The first kappa shape index (κ1) is 19.7. The van der Waals surface area contributed by atoms with E-state index in [1.807, 2.05) is 0 Å². The molecule has 0 saturated carbocycles. The van der Waals surface area contributed by atoms with Gasteiger partial charge in [0.05, 0.1) is 7.11 Å². The van der Waals surface area contributed by atoms with E-state index in [4.69, 9.17) is 4.74 Å². The molecule has 2 N–H and O–H groups in total. The van der Waals surface area contributed by atoms with Crippen molar-refractivity contribution in [3.63, 3.8) is 0 Å². The Morgan fingerprint density at radius 1 is 1.52 bits per heavy atom. The van der Waals surface area contributed by atoms with E-state index in [1.165, 1.54) is 26.0 Å². The summed E-state index contributed by atoms with van der Waals surface area (Å²) in [5.41, 5.74) is 0.735. The summed E-state index contributed by atoms with van der Waals surface area (Å²) in [7, 11) is 1.43. The van der Waals surface area contributed by atoms with E-state index in [0.29, 0.717) is 24.8 Å². The third kappa shape index (κ3) is 5.99. The number of benzene rings is 1. The topological polar surface area (TPSA) is 50.4 Å². The van der Waals surface area contributed by atoms with Crippen LogP contribution in [0.4, 0.5) is 4.39 Å². The first-order valence-electron chi connectivity index (χ1n) is 7.90. The first-order chi connectivity index (χ1) is 10.6. The van der Waals surface area contributed by atoms with Gasteiger partial charge in [0.1, 0.15) is 0 Å². The lowest BCUT2D eigenvalue weighted by molar-refractivity contribution is -0.122. The van der Waals surface area contributed by atoms with E-state index < -0.39 is 5.82 Å². The van der Waals surface area contributed by atoms with Crippen molar-refractivity contribution < 1.29 is 13.9 Å². The molecule has 0 aliphatic carbocycles. The van der Waals surface area contributed by atoms with Crippen molar-refractivity contribution in [2.75, 3.05) is 20.2 Å². The van der Waals surface area contributed by atoms with Gasteiger partial charge in [0.25, 0.3) is 0 Å². The van der Waals surface area contributed by atoms with E-state index in [-0.39, 0.29) is 24.1 Å². The predicted molar refractivity (Wildman–Crippen MR) is 91.4 cm³/mol. The van der Waals surface area contributed by atoms with Gasteiger partial charge in [-0.1, -0.05) is 13.0 Å². The molecule has 1 saturated heterocycles. The van der Waals surface area contributed by atoms with Gasteiger partial charge in [-0.3, -0.25) is 4.79 Å². The maximum Gasteiger partial charge on any atom is 0.220 e. The standard InChI is InChI=1S/C17H25FN2O2.ClH/c1-12(14-4-3-7-19-11-14)8-17(21)20-10-13-5-6-16(22-2)15(18)9-13;/h5-6,9,12,14,19H,3-4,7-8,10-11H2,1-2H3,(H,20,21);1H. The minimum absolute atomic E-state index is 0. The van der Waals surface area contributed by atoms with E-state index >= 15 is 0 Å². The number of carbonyl (C=O) groups is 1. The SMILES string of the molecule is COc1ccc(CNC(=O)CC(C)C2CCCNC2)cc1F.Cl. The molecule has 1 aliphatic rings. The molecular weight excluding hydrogens is 319 g/mol. The molecule has 1 amide bonds. The summed E-state index contributed by atoms with van der Waals surface area (Å²) in [5, 5.41) is 6.25. The summed E-state index contributed by atoms with van der Waals surface area (Å²) in [4.78, 5) is 12.0. The van der Waals surface area contributed by atoms with Gasteiger partial charge in [0.2, 0.25) is 5.91 Å². The Kier molecular flexibility index (Phi) is 8.34. The molecule has 2 atom stereocenters. The molecule has 23 heavy (non-hydrogen) atoms. The second-order valence-corrected chi connectivity index (χ2v) is 6.03. The Morgan fingerprint density at radius 3 is 2.91 bits per heavy atom. The predicted octanol–water partition coefficient (Wildman–Crippen LogP) is 2.90. The summed E-state index contributed by atoms with van der Waals surface area (Å²) < 4.78 is 18.5. The van der Waals surface area contributed by atoms with Gasteiger partial charge in [-0.05, 0) is 55.5 Å². The molecule has 1 fully saturated rings.